The average Bonchev–Trinajstić information content (AvgIpc) is 2.99. The predicted molar refractivity (Wildman–Crippen MR) is 62.2 cm³/mol. The summed E-state index contributed by atoms with van der Waals surface area (Å²) in [7, 11) is 0. The minimum Gasteiger partial charge on any atom is -0.273 e. The number of hydrogen-bond donors (Lipinski definition) is 1. The Morgan fingerprint density at radius 2 is 2.47 bits per heavy atom. The Labute approximate surface area is 93.2 Å². The zero-order valence-electron chi connectivity index (χ0n) is 8.69. The highest BCUT2D eigenvalue weighted by atomic mass is 32.1. The molecule has 1 aliphatic rings. The largest absolute Gasteiger partial charge is 0.273 e. The maximum absolute atomic E-state index is 11.2. The van der Waals surface area contributed by atoms with Crippen LogP contribution in [0.25, 0.3) is 0 Å². The number of hydrogen-bond acceptors (Lipinski definition) is 3. The lowest BCUT2D eigenvalue weighted by Crippen LogP contribution is -2.18. The molecule has 0 unspecified atom stereocenters. The molecule has 0 aromatic carbocycles. The molecule has 1 aromatic rings. The molecule has 0 atom stereocenters. The maximum atomic E-state index is 11.2. The van der Waals surface area contributed by atoms with Gasteiger partial charge in [0, 0.05) is 15.7 Å². The van der Waals surface area contributed by atoms with Crippen LogP contribution in [0.2, 0.25) is 0 Å². The highest BCUT2D eigenvalue weighted by Crippen LogP contribution is 2.28. The first kappa shape index (κ1) is 10.4. The summed E-state index contributed by atoms with van der Waals surface area (Å²) in [5.74, 6) is 0.273. The molecule has 4 heteroatoms. The van der Waals surface area contributed by atoms with E-state index < -0.39 is 0 Å². The van der Waals surface area contributed by atoms with Crippen LogP contribution in [-0.4, -0.2) is 12.1 Å². The normalized spacial score (nSPS) is 15.8. The van der Waals surface area contributed by atoms with Crippen molar-refractivity contribution < 1.29 is 4.79 Å². The van der Waals surface area contributed by atoms with Crippen LogP contribution >= 0.6 is 11.3 Å². The van der Waals surface area contributed by atoms with Crippen molar-refractivity contribution in [1.82, 2.24) is 5.43 Å². The predicted octanol–water partition coefficient (Wildman–Crippen LogP) is 2.17. The van der Waals surface area contributed by atoms with Gasteiger partial charge in [0.2, 0.25) is 5.91 Å². The molecule has 1 fully saturated rings. The lowest BCUT2D eigenvalue weighted by atomic mass is 10.4. The Morgan fingerprint density at radius 3 is 3.07 bits per heavy atom. The molecule has 1 saturated carbocycles. The fraction of sp³-hybridized carbons (Fsp3) is 0.455. The van der Waals surface area contributed by atoms with Crippen LogP contribution in [0, 0.1) is 5.92 Å². The Morgan fingerprint density at radius 1 is 1.67 bits per heavy atom. The molecule has 1 aliphatic carbocycles. The lowest BCUT2D eigenvalue weighted by Gasteiger charge is -1.93. The van der Waals surface area contributed by atoms with Crippen LogP contribution in [0.4, 0.5) is 0 Å². The second-order valence-corrected chi connectivity index (χ2v) is 4.87. The topological polar surface area (TPSA) is 41.5 Å². The molecule has 1 N–H and O–H groups in total. The van der Waals surface area contributed by atoms with Crippen molar-refractivity contribution >= 4 is 23.5 Å². The summed E-state index contributed by atoms with van der Waals surface area (Å²) in [6.45, 7) is 2.13. The molecule has 0 bridgehead atoms. The highest BCUT2D eigenvalue weighted by molar-refractivity contribution is 7.13. The van der Waals surface area contributed by atoms with E-state index in [0.717, 1.165) is 24.1 Å². The van der Waals surface area contributed by atoms with Gasteiger partial charge in [-0.25, -0.2) is 5.43 Å². The number of hydrazone groups is 1. The minimum absolute atomic E-state index is 0.0542. The van der Waals surface area contributed by atoms with Gasteiger partial charge in [0.25, 0.3) is 0 Å². The second-order valence-electron chi connectivity index (χ2n) is 3.67. The van der Waals surface area contributed by atoms with Crippen molar-refractivity contribution in [3.05, 3.63) is 21.9 Å². The summed E-state index contributed by atoms with van der Waals surface area (Å²) in [6.07, 6.45) is 4.79. The van der Waals surface area contributed by atoms with Crippen LogP contribution in [0.1, 0.15) is 29.5 Å². The van der Waals surface area contributed by atoms with Gasteiger partial charge in [-0.1, -0.05) is 6.92 Å². The maximum Gasteiger partial charge on any atom is 0.243 e. The van der Waals surface area contributed by atoms with Gasteiger partial charge in [-0.15, -0.1) is 11.3 Å². The molecule has 15 heavy (non-hydrogen) atoms. The number of rotatable bonds is 4. The van der Waals surface area contributed by atoms with Gasteiger partial charge in [-0.05, 0) is 31.4 Å². The number of carbonyl (C=O) groups is 1. The highest BCUT2D eigenvalue weighted by Gasteiger charge is 2.29. The molecule has 0 saturated heterocycles. The van der Waals surface area contributed by atoms with E-state index in [1.54, 1.807) is 17.6 Å². The van der Waals surface area contributed by atoms with Gasteiger partial charge in [0.15, 0.2) is 0 Å². The van der Waals surface area contributed by atoms with Crippen molar-refractivity contribution in [3.8, 4) is 0 Å². The molecule has 0 radical (unpaired) electrons. The van der Waals surface area contributed by atoms with Crippen LogP contribution < -0.4 is 5.43 Å². The van der Waals surface area contributed by atoms with Crippen molar-refractivity contribution in [2.24, 2.45) is 11.0 Å². The van der Waals surface area contributed by atoms with E-state index in [1.165, 1.54) is 4.88 Å². The summed E-state index contributed by atoms with van der Waals surface area (Å²) in [5.41, 5.74) is 2.56. The Bertz CT molecular complexity index is 380. The monoisotopic (exact) mass is 222 g/mol. The van der Waals surface area contributed by atoms with Gasteiger partial charge in [0.05, 0.1) is 6.21 Å². The summed E-state index contributed by atoms with van der Waals surface area (Å²) in [6, 6.07) is 4.12. The van der Waals surface area contributed by atoms with Crippen LogP contribution in [0.15, 0.2) is 17.2 Å². The third kappa shape index (κ3) is 2.89. The molecule has 0 spiro atoms. The Hall–Kier alpha value is -1.16. The van der Waals surface area contributed by atoms with Gasteiger partial charge in [-0.3, -0.25) is 4.79 Å². The quantitative estimate of drug-likeness (QED) is 0.615. The standard InChI is InChI=1S/C11H14N2OS/c1-2-9-5-6-10(15-9)7-12-13-11(14)8-3-4-8/h5-8H,2-4H2,1H3,(H,13,14)/b12-7-. The molecule has 2 rings (SSSR count). The summed E-state index contributed by atoms with van der Waals surface area (Å²) >= 11 is 1.71. The number of aryl methyl sites for hydroxylation is 1. The zero-order chi connectivity index (χ0) is 10.7. The van der Waals surface area contributed by atoms with Crippen molar-refractivity contribution in [2.75, 3.05) is 0 Å². The van der Waals surface area contributed by atoms with Gasteiger partial charge >= 0.3 is 0 Å². The number of nitrogens with zero attached hydrogens (tertiary/aromatic N) is 1. The first-order chi connectivity index (χ1) is 7.29. The number of amides is 1. The van der Waals surface area contributed by atoms with Gasteiger partial charge < -0.3 is 0 Å². The third-order valence-corrected chi connectivity index (χ3v) is 3.51. The molecule has 0 aliphatic heterocycles. The number of nitrogens with one attached hydrogen (secondary N) is 1. The number of thiophene rings is 1. The molecule has 1 amide bonds. The molecule has 1 heterocycles. The first-order valence-electron chi connectivity index (χ1n) is 5.21. The Balaban J connectivity index is 1.84. The molecular formula is C11H14N2OS. The lowest BCUT2D eigenvalue weighted by molar-refractivity contribution is -0.122. The fourth-order valence-electron chi connectivity index (χ4n) is 1.25. The molecular weight excluding hydrogens is 208 g/mol. The molecule has 3 nitrogen and oxygen atoms in total. The Kier molecular flexibility index (Phi) is 3.16. The molecule has 80 valence electrons. The molecule has 1 aromatic heterocycles. The zero-order valence-corrected chi connectivity index (χ0v) is 9.51. The smallest absolute Gasteiger partial charge is 0.243 e. The van der Waals surface area contributed by atoms with E-state index in [-0.39, 0.29) is 11.8 Å². The van der Waals surface area contributed by atoms with Crippen molar-refractivity contribution in [2.45, 2.75) is 26.2 Å². The average molecular weight is 222 g/mol. The van der Waals surface area contributed by atoms with E-state index in [4.69, 9.17) is 0 Å². The third-order valence-electron chi connectivity index (χ3n) is 2.35. The minimum atomic E-state index is 0.0542. The number of carbonyl (C=O) groups excluding carboxylic acids is 1. The fourth-order valence-corrected chi connectivity index (χ4v) is 2.07. The van der Waals surface area contributed by atoms with E-state index in [0.29, 0.717) is 0 Å². The summed E-state index contributed by atoms with van der Waals surface area (Å²) < 4.78 is 0. The van der Waals surface area contributed by atoms with Crippen LogP contribution in [0.3, 0.4) is 0 Å². The van der Waals surface area contributed by atoms with Crippen LogP contribution in [0.5, 0.6) is 0 Å². The second kappa shape index (κ2) is 4.57. The van der Waals surface area contributed by atoms with E-state index in [1.807, 2.05) is 6.07 Å². The van der Waals surface area contributed by atoms with Gasteiger partial charge in [-0.2, -0.15) is 5.10 Å². The van der Waals surface area contributed by atoms with E-state index in [2.05, 4.69) is 23.5 Å². The van der Waals surface area contributed by atoms with Gasteiger partial charge in [0.1, 0.15) is 0 Å². The van der Waals surface area contributed by atoms with E-state index in [9.17, 15) is 4.79 Å². The van der Waals surface area contributed by atoms with Crippen molar-refractivity contribution in [3.63, 3.8) is 0 Å². The van der Waals surface area contributed by atoms with Crippen molar-refractivity contribution in [1.29, 1.82) is 0 Å². The first-order valence-corrected chi connectivity index (χ1v) is 6.03. The van der Waals surface area contributed by atoms with E-state index >= 15 is 0 Å². The summed E-state index contributed by atoms with van der Waals surface area (Å²) in [4.78, 5) is 13.7. The van der Waals surface area contributed by atoms with Crippen LogP contribution in [-0.2, 0) is 11.2 Å². The SMILES string of the molecule is CCc1ccc(/C=N\NC(=O)C2CC2)s1. The summed E-state index contributed by atoms with van der Waals surface area (Å²) in [5, 5.41) is 3.94.